The molecule has 1 saturated heterocycles. The van der Waals surface area contributed by atoms with E-state index in [1.165, 1.54) is 0 Å². The predicted molar refractivity (Wildman–Crippen MR) is 85.7 cm³/mol. The van der Waals surface area contributed by atoms with Crippen molar-refractivity contribution in [1.82, 2.24) is 4.90 Å². The Morgan fingerprint density at radius 1 is 1.29 bits per heavy atom. The second-order valence-corrected chi connectivity index (χ2v) is 5.70. The van der Waals surface area contributed by atoms with Crippen LogP contribution in [0.4, 0.5) is 5.69 Å². The molecule has 1 heterocycles. The van der Waals surface area contributed by atoms with Crippen LogP contribution in [0.5, 0.6) is 0 Å². The zero-order chi connectivity index (χ0) is 15.1. The van der Waals surface area contributed by atoms with Crippen molar-refractivity contribution in [3.8, 4) is 0 Å². The molecule has 1 amide bonds. The van der Waals surface area contributed by atoms with Gasteiger partial charge in [-0.25, -0.2) is 0 Å². The molecule has 0 aromatic heterocycles. The van der Waals surface area contributed by atoms with Gasteiger partial charge in [-0.05, 0) is 49.4 Å². The summed E-state index contributed by atoms with van der Waals surface area (Å²) < 4.78 is 5.20. The highest BCUT2D eigenvalue weighted by molar-refractivity contribution is 5.94. The van der Waals surface area contributed by atoms with E-state index in [2.05, 4.69) is 12.2 Å². The molecule has 4 nitrogen and oxygen atoms in total. The molecule has 0 spiro atoms. The molecular weight excluding hydrogens is 264 g/mol. The standard InChI is InChI=1S/C17H26N2O2/c1-3-10-18-16-6-4-15(5-7-16)17(20)19-11-8-14(9-12-19)13-21-2/h4-7,14,18H,3,8-13H2,1-2H3. The summed E-state index contributed by atoms with van der Waals surface area (Å²) in [5, 5.41) is 3.32. The lowest BCUT2D eigenvalue weighted by Crippen LogP contribution is -2.39. The number of nitrogens with zero attached hydrogens (tertiary/aromatic N) is 1. The van der Waals surface area contributed by atoms with Gasteiger partial charge in [-0.3, -0.25) is 4.79 Å². The first-order chi connectivity index (χ1) is 10.2. The maximum Gasteiger partial charge on any atom is 0.253 e. The Bertz CT molecular complexity index is 437. The number of nitrogens with one attached hydrogen (secondary N) is 1. The molecule has 1 aliphatic rings. The highest BCUT2D eigenvalue weighted by Crippen LogP contribution is 2.20. The number of benzene rings is 1. The van der Waals surface area contributed by atoms with Gasteiger partial charge in [0, 0.05) is 44.6 Å². The number of carbonyl (C=O) groups excluding carboxylic acids is 1. The first kappa shape index (κ1) is 15.8. The van der Waals surface area contributed by atoms with Crippen LogP contribution < -0.4 is 5.32 Å². The lowest BCUT2D eigenvalue weighted by Gasteiger charge is -2.31. The van der Waals surface area contributed by atoms with E-state index < -0.39 is 0 Å². The number of amides is 1. The maximum atomic E-state index is 12.5. The van der Waals surface area contributed by atoms with E-state index in [9.17, 15) is 4.79 Å². The molecule has 1 aromatic rings. The van der Waals surface area contributed by atoms with Gasteiger partial charge in [-0.2, -0.15) is 0 Å². The average molecular weight is 290 g/mol. The molecule has 1 N–H and O–H groups in total. The second kappa shape index (κ2) is 8.03. The third kappa shape index (κ3) is 4.46. The van der Waals surface area contributed by atoms with Crippen molar-refractivity contribution in [3.05, 3.63) is 29.8 Å². The number of hydrogen-bond acceptors (Lipinski definition) is 3. The summed E-state index contributed by atoms with van der Waals surface area (Å²) in [6.45, 7) is 5.57. The van der Waals surface area contributed by atoms with Gasteiger partial charge in [0.25, 0.3) is 5.91 Å². The van der Waals surface area contributed by atoms with Crippen LogP contribution in [0.2, 0.25) is 0 Å². The summed E-state index contributed by atoms with van der Waals surface area (Å²) in [5.74, 6) is 0.743. The van der Waals surface area contributed by atoms with Gasteiger partial charge in [0.2, 0.25) is 0 Å². The summed E-state index contributed by atoms with van der Waals surface area (Å²) in [5.41, 5.74) is 1.86. The van der Waals surface area contributed by atoms with Crippen molar-refractivity contribution in [2.24, 2.45) is 5.92 Å². The zero-order valence-corrected chi connectivity index (χ0v) is 13.1. The minimum atomic E-state index is 0.146. The van der Waals surface area contributed by atoms with E-state index in [-0.39, 0.29) is 5.91 Å². The van der Waals surface area contributed by atoms with Gasteiger partial charge in [-0.1, -0.05) is 6.92 Å². The number of piperidine rings is 1. The van der Waals surface area contributed by atoms with Crippen LogP contribution in [0.25, 0.3) is 0 Å². The molecule has 2 rings (SSSR count). The average Bonchev–Trinajstić information content (AvgIpc) is 2.54. The van der Waals surface area contributed by atoms with Crippen molar-refractivity contribution in [1.29, 1.82) is 0 Å². The van der Waals surface area contributed by atoms with Crippen molar-refractivity contribution >= 4 is 11.6 Å². The highest BCUT2D eigenvalue weighted by Gasteiger charge is 2.23. The van der Waals surface area contributed by atoms with Gasteiger partial charge in [-0.15, -0.1) is 0 Å². The zero-order valence-electron chi connectivity index (χ0n) is 13.1. The molecule has 0 aliphatic carbocycles. The topological polar surface area (TPSA) is 41.6 Å². The van der Waals surface area contributed by atoms with Crippen LogP contribution in [0.3, 0.4) is 0 Å². The smallest absolute Gasteiger partial charge is 0.253 e. The fourth-order valence-electron chi connectivity index (χ4n) is 2.72. The third-order valence-electron chi connectivity index (χ3n) is 4.02. The summed E-state index contributed by atoms with van der Waals surface area (Å²) in [6, 6.07) is 7.81. The van der Waals surface area contributed by atoms with Crippen LogP contribution in [-0.2, 0) is 4.74 Å². The minimum Gasteiger partial charge on any atom is -0.385 e. The number of rotatable bonds is 6. The molecule has 0 bridgehead atoms. The quantitative estimate of drug-likeness (QED) is 0.875. The summed E-state index contributed by atoms with van der Waals surface area (Å²) >= 11 is 0. The van der Waals surface area contributed by atoms with Crippen LogP contribution in [0.15, 0.2) is 24.3 Å². The predicted octanol–water partition coefficient (Wildman–Crippen LogP) is 3.01. The number of hydrogen-bond donors (Lipinski definition) is 1. The van der Waals surface area contributed by atoms with E-state index in [0.717, 1.165) is 56.8 Å². The summed E-state index contributed by atoms with van der Waals surface area (Å²) in [4.78, 5) is 14.4. The number of anilines is 1. The molecule has 0 saturated carbocycles. The second-order valence-electron chi connectivity index (χ2n) is 5.70. The Kier molecular flexibility index (Phi) is 6.05. The molecule has 116 valence electrons. The van der Waals surface area contributed by atoms with Crippen LogP contribution in [0.1, 0.15) is 36.5 Å². The summed E-state index contributed by atoms with van der Waals surface area (Å²) in [7, 11) is 1.74. The normalized spacial score (nSPS) is 16.0. The Labute approximate surface area is 127 Å². The van der Waals surface area contributed by atoms with Gasteiger partial charge < -0.3 is 15.0 Å². The van der Waals surface area contributed by atoms with E-state index in [0.29, 0.717) is 5.92 Å². The van der Waals surface area contributed by atoms with E-state index in [1.807, 2.05) is 29.2 Å². The van der Waals surface area contributed by atoms with Crippen molar-refractivity contribution in [2.75, 3.05) is 38.7 Å². The highest BCUT2D eigenvalue weighted by atomic mass is 16.5. The first-order valence-electron chi connectivity index (χ1n) is 7.86. The summed E-state index contributed by atoms with van der Waals surface area (Å²) in [6.07, 6.45) is 3.17. The minimum absolute atomic E-state index is 0.146. The van der Waals surface area contributed by atoms with Crippen molar-refractivity contribution in [3.63, 3.8) is 0 Å². The van der Waals surface area contributed by atoms with Crippen LogP contribution >= 0.6 is 0 Å². The van der Waals surface area contributed by atoms with E-state index >= 15 is 0 Å². The number of methoxy groups -OCH3 is 1. The Balaban J connectivity index is 1.88. The molecule has 21 heavy (non-hydrogen) atoms. The number of carbonyl (C=O) groups is 1. The van der Waals surface area contributed by atoms with Crippen molar-refractivity contribution < 1.29 is 9.53 Å². The maximum absolute atomic E-state index is 12.5. The van der Waals surface area contributed by atoms with Crippen molar-refractivity contribution in [2.45, 2.75) is 26.2 Å². The van der Waals surface area contributed by atoms with Gasteiger partial charge in [0.1, 0.15) is 0 Å². The lowest BCUT2D eigenvalue weighted by molar-refractivity contribution is 0.0613. The molecule has 0 radical (unpaired) electrons. The van der Waals surface area contributed by atoms with E-state index in [4.69, 9.17) is 4.74 Å². The molecule has 1 fully saturated rings. The largest absolute Gasteiger partial charge is 0.385 e. The van der Waals surface area contributed by atoms with Crippen LogP contribution in [-0.4, -0.2) is 44.2 Å². The van der Waals surface area contributed by atoms with E-state index in [1.54, 1.807) is 7.11 Å². The molecule has 0 atom stereocenters. The van der Waals surface area contributed by atoms with Crippen LogP contribution in [0, 0.1) is 5.92 Å². The molecule has 4 heteroatoms. The fourth-order valence-corrected chi connectivity index (χ4v) is 2.72. The van der Waals surface area contributed by atoms with Gasteiger partial charge in [0.05, 0.1) is 0 Å². The third-order valence-corrected chi connectivity index (χ3v) is 4.02. The molecule has 0 unspecified atom stereocenters. The first-order valence-corrected chi connectivity index (χ1v) is 7.86. The Morgan fingerprint density at radius 2 is 1.95 bits per heavy atom. The van der Waals surface area contributed by atoms with Gasteiger partial charge >= 0.3 is 0 Å². The fraction of sp³-hybridized carbons (Fsp3) is 0.588. The Hall–Kier alpha value is -1.55. The molecule has 1 aliphatic heterocycles. The molecular formula is C17H26N2O2. The van der Waals surface area contributed by atoms with Gasteiger partial charge in [0.15, 0.2) is 0 Å². The molecule has 1 aromatic carbocycles. The SMILES string of the molecule is CCCNc1ccc(C(=O)N2CCC(COC)CC2)cc1. The number of likely N-dealkylation sites (tertiary alicyclic amines) is 1. The Morgan fingerprint density at radius 3 is 2.52 bits per heavy atom. The lowest BCUT2D eigenvalue weighted by atomic mass is 9.97. The monoisotopic (exact) mass is 290 g/mol. The number of ether oxygens (including phenoxy) is 1.